The molecule has 0 bridgehead atoms. The van der Waals surface area contributed by atoms with Crippen LogP contribution in [0, 0.1) is 0 Å². The van der Waals surface area contributed by atoms with Crippen molar-refractivity contribution in [2.24, 2.45) is 4.99 Å². The predicted molar refractivity (Wildman–Crippen MR) is 63.3 cm³/mol. The molecular weight excluding hydrogens is 186 g/mol. The molecule has 0 fully saturated rings. The quantitative estimate of drug-likeness (QED) is 0.654. The predicted octanol–water partition coefficient (Wildman–Crippen LogP) is 2.41. The number of rotatable bonds is 0. The van der Waals surface area contributed by atoms with E-state index in [9.17, 15) is 0 Å². The first-order valence-electron chi connectivity index (χ1n) is 5.13. The third-order valence-corrected chi connectivity index (χ3v) is 2.59. The van der Waals surface area contributed by atoms with Gasteiger partial charge in [-0.1, -0.05) is 18.2 Å². The normalized spacial score (nSPS) is 19.0. The van der Waals surface area contributed by atoms with Gasteiger partial charge in [-0.15, -0.1) is 0 Å². The standard InChI is InChI=1S/C12H15N3/c1-9-5-6-10-4-3-7-14-12(10)15-11(8-9)13-2/h3-4,7H,1,5-6,8H2,2H3,(H,13,14,15). The highest BCUT2D eigenvalue weighted by atomic mass is 15.1. The molecule has 0 radical (unpaired) electrons. The zero-order chi connectivity index (χ0) is 10.7. The van der Waals surface area contributed by atoms with Crippen LogP contribution in [0.25, 0.3) is 0 Å². The highest BCUT2D eigenvalue weighted by Crippen LogP contribution is 2.21. The SMILES string of the molecule is C=C1CCc2cccnc2N/C(=N/C)C1. The topological polar surface area (TPSA) is 37.3 Å². The molecule has 0 unspecified atom stereocenters. The Kier molecular flexibility index (Phi) is 2.81. The summed E-state index contributed by atoms with van der Waals surface area (Å²) >= 11 is 0. The van der Waals surface area contributed by atoms with Crippen LogP contribution in [0.2, 0.25) is 0 Å². The Bertz CT molecular complexity index is 407. The van der Waals surface area contributed by atoms with E-state index in [2.05, 4.69) is 27.9 Å². The smallest absolute Gasteiger partial charge is 0.134 e. The summed E-state index contributed by atoms with van der Waals surface area (Å²) in [5.41, 5.74) is 2.46. The number of amidine groups is 1. The highest BCUT2D eigenvalue weighted by Gasteiger charge is 2.11. The molecule has 1 N–H and O–H groups in total. The average molecular weight is 201 g/mol. The lowest BCUT2D eigenvalue weighted by Gasteiger charge is -2.17. The van der Waals surface area contributed by atoms with Crippen molar-refractivity contribution in [3.63, 3.8) is 0 Å². The molecule has 2 heterocycles. The Morgan fingerprint density at radius 1 is 1.47 bits per heavy atom. The molecule has 3 nitrogen and oxygen atoms in total. The van der Waals surface area contributed by atoms with Crippen LogP contribution in [0.15, 0.2) is 35.5 Å². The van der Waals surface area contributed by atoms with Gasteiger partial charge >= 0.3 is 0 Å². The first-order valence-corrected chi connectivity index (χ1v) is 5.13. The zero-order valence-corrected chi connectivity index (χ0v) is 8.95. The van der Waals surface area contributed by atoms with E-state index >= 15 is 0 Å². The van der Waals surface area contributed by atoms with Gasteiger partial charge < -0.3 is 5.32 Å². The fourth-order valence-electron chi connectivity index (χ4n) is 1.71. The first kappa shape index (κ1) is 9.90. The average Bonchev–Trinajstić information content (AvgIpc) is 2.24. The molecule has 0 saturated heterocycles. The van der Waals surface area contributed by atoms with Crippen molar-refractivity contribution in [3.8, 4) is 0 Å². The molecule has 0 saturated carbocycles. The van der Waals surface area contributed by atoms with Crippen LogP contribution in [-0.4, -0.2) is 17.9 Å². The molecule has 1 aliphatic heterocycles. The number of aryl methyl sites for hydroxylation is 1. The van der Waals surface area contributed by atoms with Gasteiger partial charge in [-0.2, -0.15) is 0 Å². The van der Waals surface area contributed by atoms with E-state index in [1.807, 2.05) is 6.07 Å². The molecule has 0 aromatic carbocycles. The number of hydrogen-bond acceptors (Lipinski definition) is 2. The summed E-state index contributed by atoms with van der Waals surface area (Å²) in [6, 6.07) is 4.06. The van der Waals surface area contributed by atoms with Gasteiger partial charge in [0.15, 0.2) is 0 Å². The molecule has 0 aliphatic carbocycles. The van der Waals surface area contributed by atoms with E-state index in [-0.39, 0.29) is 0 Å². The van der Waals surface area contributed by atoms with Gasteiger partial charge in [-0.3, -0.25) is 4.99 Å². The molecule has 0 atom stereocenters. The second-order valence-corrected chi connectivity index (χ2v) is 3.73. The van der Waals surface area contributed by atoms with Crippen molar-refractivity contribution in [1.82, 2.24) is 4.98 Å². The molecule has 78 valence electrons. The fourth-order valence-corrected chi connectivity index (χ4v) is 1.71. The summed E-state index contributed by atoms with van der Waals surface area (Å²) < 4.78 is 0. The molecule has 1 aliphatic rings. The third-order valence-electron chi connectivity index (χ3n) is 2.59. The zero-order valence-electron chi connectivity index (χ0n) is 8.95. The number of aliphatic imine (C=N–C) groups is 1. The number of hydrogen-bond donors (Lipinski definition) is 1. The number of anilines is 1. The van der Waals surface area contributed by atoms with Gasteiger partial charge in [-0.25, -0.2) is 4.98 Å². The minimum Gasteiger partial charge on any atom is -0.328 e. The second kappa shape index (κ2) is 4.26. The largest absolute Gasteiger partial charge is 0.328 e. The van der Waals surface area contributed by atoms with Crippen molar-refractivity contribution < 1.29 is 0 Å². The van der Waals surface area contributed by atoms with Crippen molar-refractivity contribution >= 4 is 11.7 Å². The lowest BCUT2D eigenvalue weighted by Crippen LogP contribution is -2.17. The molecule has 2 rings (SSSR count). The molecule has 0 spiro atoms. The van der Waals surface area contributed by atoms with Crippen LogP contribution in [-0.2, 0) is 6.42 Å². The van der Waals surface area contributed by atoms with Crippen LogP contribution in [0.1, 0.15) is 18.4 Å². The first-order chi connectivity index (χ1) is 7.29. The van der Waals surface area contributed by atoms with Crippen molar-refractivity contribution in [1.29, 1.82) is 0 Å². The molecule has 1 aromatic heterocycles. The number of aromatic nitrogens is 1. The van der Waals surface area contributed by atoms with Gasteiger partial charge in [0.2, 0.25) is 0 Å². The van der Waals surface area contributed by atoms with E-state index in [1.54, 1.807) is 13.2 Å². The summed E-state index contributed by atoms with van der Waals surface area (Å²) in [5.74, 6) is 1.88. The lowest BCUT2D eigenvalue weighted by molar-refractivity contribution is 0.908. The van der Waals surface area contributed by atoms with E-state index in [4.69, 9.17) is 0 Å². The van der Waals surface area contributed by atoms with Gasteiger partial charge in [0.25, 0.3) is 0 Å². The Hall–Kier alpha value is -1.64. The Morgan fingerprint density at radius 2 is 2.33 bits per heavy atom. The van der Waals surface area contributed by atoms with Gasteiger partial charge in [0.1, 0.15) is 11.7 Å². The lowest BCUT2D eigenvalue weighted by atomic mass is 10.0. The van der Waals surface area contributed by atoms with Crippen LogP contribution in [0.5, 0.6) is 0 Å². The van der Waals surface area contributed by atoms with Gasteiger partial charge in [-0.05, 0) is 24.5 Å². The Balaban J connectivity index is 2.35. The monoisotopic (exact) mass is 201 g/mol. The molecule has 0 amide bonds. The van der Waals surface area contributed by atoms with Crippen LogP contribution in [0.4, 0.5) is 5.82 Å². The molecule has 1 aromatic rings. The van der Waals surface area contributed by atoms with Crippen molar-refractivity contribution in [2.75, 3.05) is 12.4 Å². The maximum atomic E-state index is 4.32. The molecular formula is C12H15N3. The fraction of sp³-hybridized carbons (Fsp3) is 0.333. The van der Waals surface area contributed by atoms with E-state index in [0.29, 0.717) is 0 Å². The van der Waals surface area contributed by atoms with Gasteiger partial charge in [0, 0.05) is 19.7 Å². The highest BCUT2D eigenvalue weighted by molar-refractivity contribution is 5.96. The number of nitrogens with one attached hydrogen (secondary N) is 1. The van der Waals surface area contributed by atoms with Crippen molar-refractivity contribution in [2.45, 2.75) is 19.3 Å². The van der Waals surface area contributed by atoms with Crippen LogP contribution in [0.3, 0.4) is 0 Å². The summed E-state index contributed by atoms with van der Waals surface area (Å²) in [6.45, 7) is 4.05. The summed E-state index contributed by atoms with van der Waals surface area (Å²) in [4.78, 5) is 8.53. The van der Waals surface area contributed by atoms with Crippen LogP contribution >= 0.6 is 0 Å². The Labute approximate surface area is 90.0 Å². The number of pyridine rings is 1. The number of nitrogens with zero attached hydrogens (tertiary/aromatic N) is 2. The number of fused-ring (bicyclic) bond motifs is 1. The van der Waals surface area contributed by atoms with Crippen molar-refractivity contribution in [3.05, 3.63) is 36.0 Å². The second-order valence-electron chi connectivity index (χ2n) is 3.73. The minimum atomic E-state index is 0.826. The van der Waals surface area contributed by atoms with E-state index in [1.165, 1.54) is 11.1 Å². The van der Waals surface area contributed by atoms with Gasteiger partial charge in [0.05, 0.1) is 0 Å². The summed E-state index contributed by atoms with van der Waals surface area (Å²) in [7, 11) is 1.79. The third kappa shape index (κ3) is 2.24. The van der Waals surface area contributed by atoms with E-state index < -0.39 is 0 Å². The summed E-state index contributed by atoms with van der Waals surface area (Å²) in [6.07, 6.45) is 4.65. The van der Waals surface area contributed by atoms with E-state index in [0.717, 1.165) is 30.9 Å². The maximum Gasteiger partial charge on any atom is 0.134 e. The van der Waals surface area contributed by atoms with Crippen LogP contribution < -0.4 is 5.32 Å². The minimum absolute atomic E-state index is 0.826. The molecule has 15 heavy (non-hydrogen) atoms. The summed E-state index contributed by atoms with van der Waals surface area (Å²) in [5, 5.41) is 3.26. The Morgan fingerprint density at radius 3 is 3.13 bits per heavy atom. The maximum absolute atomic E-state index is 4.32. The molecule has 3 heteroatoms.